The van der Waals surface area contributed by atoms with Gasteiger partial charge in [0.15, 0.2) is 0 Å². The number of hydrogen-bond donors (Lipinski definition) is 0. The van der Waals surface area contributed by atoms with Crippen LogP contribution in [0.1, 0.15) is 11.3 Å². The van der Waals surface area contributed by atoms with Gasteiger partial charge in [-0.1, -0.05) is 28.1 Å². The zero-order valence-electron chi connectivity index (χ0n) is 14.0. The van der Waals surface area contributed by atoms with Gasteiger partial charge in [-0.15, -0.1) is 11.3 Å². The van der Waals surface area contributed by atoms with E-state index in [2.05, 4.69) is 62.1 Å². The molecule has 0 spiro atoms. The van der Waals surface area contributed by atoms with Crippen molar-refractivity contribution in [3.8, 4) is 10.4 Å². The van der Waals surface area contributed by atoms with Crippen LogP contribution in [0, 0.1) is 0 Å². The lowest BCUT2D eigenvalue weighted by Gasteiger charge is -2.36. The molecule has 6 heteroatoms. The van der Waals surface area contributed by atoms with Crippen molar-refractivity contribution in [3.63, 3.8) is 0 Å². The highest BCUT2D eigenvalue weighted by Crippen LogP contribution is 2.30. The van der Waals surface area contributed by atoms with E-state index in [0.717, 1.165) is 43.6 Å². The van der Waals surface area contributed by atoms with Gasteiger partial charge in [-0.05, 0) is 29.8 Å². The summed E-state index contributed by atoms with van der Waals surface area (Å²) in [5.74, 6) is -0.0363. The maximum Gasteiger partial charge on any atom is 0.323 e. The summed E-state index contributed by atoms with van der Waals surface area (Å²) >= 11 is 5.35. The van der Waals surface area contributed by atoms with Crippen LogP contribution in [-0.4, -0.2) is 54.6 Å². The van der Waals surface area contributed by atoms with Gasteiger partial charge < -0.3 is 4.74 Å². The minimum atomic E-state index is -0.0363. The molecule has 1 aromatic heterocycles. The van der Waals surface area contributed by atoms with Crippen LogP contribution in [0.5, 0.6) is 0 Å². The van der Waals surface area contributed by atoms with Crippen LogP contribution in [0.15, 0.2) is 40.9 Å². The molecule has 0 bridgehead atoms. The van der Waals surface area contributed by atoms with E-state index in [-0.39, 0.29) is 12.0 Å². The average Bonchev–Trinajstić information content (AvgIpc) is 3.26. The number of rotatable bonds is 4. The summed E-state index contributed by atoms with van der Waals surface area (Å²) in [7, 11) is 0. The van der Waals surface area contributed by atoms with Crippen LogP contribution in [0.4, 0.5) is 0 Å². The fraction of sp³-hybridized carbons (Fsp3) is 0.421. The molecule has 1 atom stereocenters. The van der Waals surface area contributed by atoms with Gasteiger partial charge in [0.25, 0.3) is 0 Å². The molecule has 2 saturated heterocycles. The smallest absolute Gasteiger partial charge is 0.323 e. The molecule has 1 aromatic carbocycles. The van der Waals surface area contributed by atoms with Crippen LogP contribution in [0.2, 0.25) is 0 Å². The molecular weight excluding hydrogens is 400 g/mol. The molecule has 4 nitrogen and oxygen atoms in total. The molecule has 0 N–H and O–H groups in total. The standard InChI is InChI=1S/C19H21BrN2O2S/c20-15-3-1-14(2-4-15)18-6-5-16(25-18)13-21-8-10-22(11-9-21)17-7-12-24-19(17)23/h1-6,17H,7-13H2/t17-/m1/s1. The van der Waals surface area contributed by atoms with Crippen molar-refractivity contribution in [3.05, 3.63) is 45.7 Å². The first-order valence-electron chi connectivity index (χ1n) is 8.67. The predicted octanol–water partition coefficient (Wildman–Crippen LogP) is 3.61. The normalized spacial score (nSPS) is 22.3. The number of esters is 1. The Morgan fingerprint density at radius 3 is 2.52 bits per heavy atom. The van der Waals surface area contributed by atoms with E-state index in [0.29, 0.717) is 6.61 Å². The number of piperazine rings is 1. The Bertz CT molecular complexity index is 738. The fourth-order valence-corrected chi connectivity index (χ4v) is 4.82. The minimum absolute atomic E-state index is 0.00658. The zero-order valence-corrected chi connectivity index (χ0v) is 16.4. The largest absolute Gasteiger partial charge is 0.464 e. The predicted molar refractivity (Wildman–Crippen MR) is 104 cm³/mol. The fourth-order valence-electron chi connectivity index (χ4n) is 3.50. The third kappa shape index (κ3) is 3.97. The summed E-state index contributed by atoms with van der Waals surface area (Å²) in [6.45, 7) is 5.49. The molecular formula is C19H21BrN2O2S. The number of thiophene rings is 1. The first-order valence-corrected chi connectivity index (χ1v) is 10.3. The van der Waals surface area contributed by atoms with E-state index in [9.17, 15) is 4.79 Å². The molecule has 0 saturated carbocycles. The monoisotopic (exact) mass is 420 g/mol. The summed E-state index contributed by atoms with van der Waals surface area (Å²) in [4.78, 5) is 19.2. The molecule has 0 aliphatic carbocycles. The number of cyclic esters (lactones) is 1. The van der Waals surface area contributed by atoms with Gasteiger partial charge in [-0.25, -0.2) is 0 Å². The van der Waals surface area contributed by atoms with Crippen molar-refractivity contribution in [2.24, 2.45) is 0 Å². The van der Waals surface area contributed by atoms with E-state index in [1.807, 2.05) is 11.3 Å². The van der Waals surface area contributed by atoms with Crippen LogP contribution < -0.4 is 0 Å². The second-order valence-electron chi connectivity index (χ2n) is 6.56. The first kappa shape index (κ1) is 17.2. The van der Waals surface area contributed by atoms with Crippen molar-refractivity contribution in [1.82, 2.24) is 9.80 Å². The lowest BCUT2D eigenvalue weighted by atomic mass is 10.2. The second-order valence-corrected chi connectivity index (χ2v) is 8.64. The van der Waals surface area contributed by atoms with Crippen molar-refractivity contribution in [2.75, 3.05) is 32.8 Å². The molecule has 0 unspecified atom stereocenters. The van der Waals surface area contributed by atoms with Gasteiger partial charge in [0, 0.05) is 53.4 Å². The molecule has 2 fully saturated rings. The first-order chi connectivity index (χ1) is 12.2. The van der Waals surface area contributed by atoms with E-state index >= 15 is 0 Å². The molecule has 2 aromatic rings. The van der Waals surface area contributed by atoms with Crippen LogP contribution >= 0.6 is 27.3 Å². The molecule has 2 aliphatic rings. The van der Waals surface area contributed by atoms with E-state index < -0.39 is 0 Å². The SMILES string of the molecule is O=C1OCC[C@H]1N1CCN(Cc2ccc(-c3ccc(Br)cc3)s2)CC1. The highest BCUT2D eigenvalue weighted by molar-refractivity contribution is 9.10. The summed E-state index contributed by atoms with van der Waals surface area (Å²) in [6.07, 6.45) is 0.848. The Hall–Kier alpha value is -1.21. The quantitative estimate of drug-likeness (QED) is 0.707. The van der Waals surface area contributed by atoms with E-state index in [4.69, 9.17) is 4.74 Å². The third-order valence-electron chi connectivity index (χ3n) is 4.93. The molecule has 0 radical (unpaired) electrons. The third-order valence-corrected chi connectivity index (χ3v) is 6.57. The summed E-state index contributed by atoms with van der Waals surface area (Å²) in [6, 6.07) is 12.9. The molecule has 4 rings (SSSR count). The van der Waals surface area contributed by atoms with Crippen LogP contribution in [0.25, 0.3) is 10.4 Å². The topological polar surface area (TPSA) is 32.8 Å². The maximum atomic E-state index is 11.7. The van der Waals surface area contributed by atoms with Gasteiger partial charge in [-0.2, -0.15) is 0 Å². The van der Waals surface area contributed by atoms with E-state index in [1.165, 1.54) is 15.3 Å². The van der Waals surface area contributed by atoms with Crippen molar-refractivity contribution < 1.29 is 9.53 Å². The lowest BCUT2D eigenvalue weighted by Crippen LogP contribution is -2.51. The number of carbonyl (C=O) groups excluding carboxylic acids is 1. The zero-order chi connectivity index (χ0) is 17.2. The van der Waals surface area contributed by atoms with Gasteiger partial charge in [0.05, 0.1) is 6.61 Å². The number of halogens is 1. The number of benzene rings is 1. The van der Waals surface area contributed by atoms with Crippen LogP contribution in [0.3, 0.4) is 0 Å². The Labute approximate surface area is 160 Å². The van der Waals surface area contributed by atoms with Crippen molar-refractivity contribution in [1.29, 1.82) is 0 Å². The summed E-state index contributed by atoms with van der Waals surface area (Å²) in [5, 5.41) is 0. The van der Waals surface area contributed by atoms with Gasteiger partial charge in [0.1, 0.15) is 6.04 Å². The number of ether oxygens (including phenoxy) is 1. The second kappa shape index (κ2) is 7.58. The number of carbonyl (C=O) groups is 1. The number of nitrogens with zero attached hydrogens (tertiary/aromatic N) is 2. The lowest BCUT2D eigenvalue weighted by molar-refractivity contribution is -0.142. The van der Waals surface area contributed by atoms with Crippen molar-refractivity contribution in [2.45, 2.75) is 19.0 Å². The van der Waals surface area contributed by atoms with Gasteiger partial charge >= 0.3 is 5.97 Å². The summed E-state index contributed by atoms with van der Waals surface area (Å²) in [5.41, 5.74) is 1.27. The minimum Gasteiger partial charge on any atom is -0.464 e. The highest BCUT2D eigenvalue weighted by atomic mass is 79.9. The Balaban J connectivity index is 1.33. The summed E-state index contributed by atoms with van der Waals surface area (Å²) < 4.78 is 6.21. The molecule has 25 heavy (non-hydrogen) atoms. The Morgan fingerprint density at radius 2 is 1.84 bits per heavy atom. The van der Waals surface area contributed by atoms with Gasteiger partial charge in [-0.3, -0.25) is 14.6 Å². The molecule has 0 amide bonds. The Kier molecular flexibility index (Phi) is 5.22. The van der Waals surface area contributed by atoms with Crippen molar-refractivity contribution >= 4 is 33.2 Å². The van der Waals surface area contributed by atoms with Gasteiger partial charge in [0.2, 0.25) is 0 Å². The van der Waals surface area contributed by atoms with E-state index in [1.54, 1.807) is 0 Å². The average molecular weight is 421 g/mol. The maximum absolute atomic E-state index is 11.7. The van der Waals surface area contributed by atoms with Crippen LogP contribution in [-0.2, 0) is 16.1 Å². The molecule has 132 valence electrons. The number of hydrogen-bond acceptors (Lipinski definition) is 5. The molecule has 2 aliphatic heterocycles. The molecule has 3 heterocycles. The highest BCUT2D eigenvalue weighted by Gasteiger charge is 2.33. The Morgan fingerprint density at radius 1 is 1.08 bits per heavy atom.